The van der Waals surface area contributed by atoms with E-state index in [1.165, 1.54) is 6.07 Å². The largest absolute Gasteiger partial charge is 0.325 e. The fraction of sp³-hybridized carbons (Fsp3) is 0.300. The minimum atomic E-state index is -0.592. The second kappa shape index (κ2) is 6.67. The summed E-state index contributed by atoms with van der Waals surface area (Å²) in [6, 6.07) is 11.5. The summed E-state index contributed by atoms with van der Waals surface area (Å²) in [6.45, 7) is 6.04. The number of anilines is 1. The first-order valence-electron chi connectivity index (χ1n) is 8.34. The topological polar surface area (TPSA) is 40.6 Å². The molecule has 0 spiro atoms. The van der Waals surface area contributed by atoms with Crippen LogP contribution in [0, 0.1) is 19.7 Å². The molecule has 1 aliphatic heterocycles. The molecule has 1 atom stereocenters. The Labute approximate surface area is 146 Å². The highest BCUT2D eigenvalue weighted by atomic mass is 19.1. The molecule has 5 heteroatoms. The Bertz CT molecular complexity index is 834. The van der Waals surface area contributed by atoms with E-state index in [4.69, 9.17) is 0 Å². The zero-order valence-electron chi connectivity index (χ0n) is 14.6. The van der Waals surface area contributed by atoms with Gasteiger partial charge in [0.2, 0.25) is 5.91 Å². The van der Waals surface area contributed by atoms with Gasteiger partial charge in [-0.25, -0.2) is 4.39 Å². The molecule has 1 heterocycles. The number of benzene rings is 2. The van der Waals surface area contributed by atoms with Crippen molar-refractivity contribution >= 4 is 17.5 Å². The summed E-state index contributed by atoms with van der Waals surface area (Å²) < 4.78 is 13.8. The summed E-state index contributed by atoms with van der Waals surface area (Å²) in [5, 5.41) is 0. The summed E-state index contributed by atoms with van der Waals surface area (Å²) in [5.41, 5.74) is 2.56. The zero-order chi connectivity index (χ0) is 18.1. The van der Waals surface area contributed by atoms with Crippen LogP contribution in [-0.2, 0) is 4.79 Å². The smallest absolute Gasteiger partial charge is 0.254 e. The molecule has 0 saturated carbocycles. The normalized spacial score (nSPS) is 17.8. The number of hydrogen-bond acceptors (Lipinski definition) is 2. The van der Waals surface area contributed by atoms with Crippen LogP contribution in [0.1, 0.15) is 28.4 Å². The molecule has 0 radical (unpaired) electrons. The van der Waals surface area contributed by atoms with Crippen LogP contribution in [0.15, 0.2) is 42.5 Å². The Morgan fingerprint density at radius 2 is 1.80 bits per heavy atom. The van der Waals surface area contributed by atoms with Gasteiger partial charge < -0.3 is 9.80 Å². The van der Waals surface area contributed by atoms with Crippen LogP contribution in [0.4, 0.5) is 10.1 Å². The molecule has 1 fully saturated rings. The molecule has 2 aromatic rings. The van der Waals surface area contributed by atoms with Crippen LogP contribution in [0.3, 0.4) is 0 Å². The molecule has 0 bridgehead atoms. The number of piperazine rings is 1. The molecule has 0 unspecified atom stereocenters. The number of halogens is 1. The third-order valence-electron chi connectivity index (χ3n) is 4.76. The highest BCUT2D eigenvalue weighted by Gasteiger charge is 2.35. The monoisotopic (exact) mass is 340 g/mol. The fourth-order valence-electron chi connectivity index (χ4n) is 3.12. The van der Waals surface area contributed by atoms with Crippen molar-refractivity contribution < 1.29 is 14.0 Å². The lowest BCUT2D eigenvalue weighted by Crippen LogP contribution is -2.57. The van der Waals surface area contributed by atoms with E-state index >= 15 is 0 Å². The van der Waals surface area contributed by atoms with Crippen molar-refractivity contribution in [2.75, 3.05) is 18.0 Å². The maximum absolute atomic E-state index is 13.8. The molecule has 1 saturated heterocycles. The summed E-state index contributed by atoms with van der Waals surface area (Å²) >= 11 is 0. The van der Waals surface area contributed by atoms with Gasteiger partial charge in [0.1, 0.15) is 11.9 Å². The Morgan fingerprint density at radius 3 is 2.48 bits per heavy atom. The Morgan fingerprint density at radius 1 is 1.08 bits per heavy atom. The number of nitrogens with zero attached hydrogens (tertiary/aromatic N) is 2. The average molecular weight is 340 g/mol. The fourth-order valence-corrected chi connectivity index (χ4v) is 3.12. The molecule has 2 amide bonds. The van der Waals surface area contributed by atoms with Gasteiger partial charge in [0.05, 0.1) is 0 Å². The number of carbonyl (C=O) groups is 2. The van der Waals surface area contributed by atoms with Gasteiger partial charge in [-0.15, -0.1) is 0 Å². The van der Waals surface area contributed by atoms with Crippen molar-refractivity contribution in [3.05, 3.63) is 65.0 Å². The molecular weight excluding hydrogens is 319 g/mol. The van der Waals surface area contributed by atoms with Gasteiger partial charge in [0.25, 0.3) is 5.91 Å². The first-order chi connectivity index (χ1) is 11.9. The van der Waals surface area contributed by atoms with E-state index in [1.54, 1.807) is 41.8 Å². The lowest BCUT2D eigenvalue weighted by Gasteiger charge is -2.39. The molecule has 4 nitrogen and oxygen atoms in total. The molecule has 0 aromatic heterocycles. The van der Waals surface area contributed by atoms with E-state index < -0.39 is 6.04 Å². The third kappa shape index (κ3) is 3.14. The summed E-state index contributed by atoms with van der Waals surface area (Å²) in [4.78, 5) is 28.7. The van der Waals surface area contributed by atoms with Gasteiger partial charge in [0, 0.05) is 24.3 Å². The van der Waals surface area contributed by atoms with Crippen molar-refractivity contribution in [1.82, 2.24) is 4.90 Å². The number of carbonyl (C=O) groups excluding carboxylic acids is 2. The van der Waals surface area contributed by atoms with Gasteiger partial charge >= 0.3 is 0 Å². The van der Waals surface area contributed by atoms with E-state index in [-0.39, 0.29) is 17.6 Å². The van der Waals surface area contributed by atoms with Crippen LogP contribution in [0.2, 0.25) is 0 Å². The number of rotatable bonds is 2. The Hall–Kier alpha value is -2.69. The van der Waals surface area contributed by atoms with Gasteiger partial charge in [-0.2, -0.15) is 0 Å². The van der Waals surface area contributed by atoms with E-state index in [0.717, 1.165) is 5.56 Å². The van der Waals surface area contributed by atoms with Crippen LogP contribution < -0.4 is 4.90 Å². The van der Waals surface area contributed by atoms with E-state index in [1.807, 2.05) is 25.1 Å². The second-order valence-electron chi connectivity index (χ2n) is 6.41. The summed E-state index contributed by atoms with van der Waals surface area (Å²) in [5.74, 6) is -0.679. The predicted molar refractivity (Wildman–Crippen MR) is 95.2 cm³/mol. The predicted octanol–water partition coefficient (Wildman–Crippen LogP) is 3.32. The SMILES string of the molecule is Cc1ccc(N2CCN(C(=O)c3ccccc3C)[C@H](C)C2=O)cc1F. The minimum Gasteiger partial charge on any atom is -0.325 e. The van der Waals surface area contributed by atoms with Crippen LogP contribution in [0.25, 0.3) is 0 Å². The van der Waals surface area contributed by atoms with Gasteiger partial charge in [-0.05, 0) is 50.1 Å². The second-order valence-corrected chi connectivity index (χ2v) is 6.41. The van der Waals surface area contributed by atoms with Gasteiger partial charge in [-0.3, -0.25) is 9.59 Å². The lowest BCUT2D eigenvalue weighted by molar-refractivity contribution is -0.124. The maximum Gasteiger partial charge on any atom is 0.254 e. The molecule has 1 aliphatic rings. The van der Waals surface area contributed by atoms with Crippen molar-refractivity contribution in [1.29, 1.82) is 0 Å². The van der Waals surface area contributed by atoms with Crippen molar-refractivity contribution in [2.24, 2.45) is 0 Å². The van der Waals surface area contributed by atoms with E-state index in [0.29, 0.717) is 29.9 Å². The number of aryl methyl sites for hydroxylation is 2. The molecular formula is C20H21FN2O2. The zero-order valence-corrected chi connectivity index (χ0v) is 14.6. The highest BCUT2D eigenvalue weighted by molar-refractivity contribution is 6.03. The average Bonchev–Trinajstić information content (AvgIpc) is 2.60. The lowest BCUT2D eigenvalue weighted by atomic mass is 10.0. The van der Waals surface area contributed by atoms with Crippen molar-refractivity contribution in [3.63, 3.8) is 0 Å². The Kier molecular flexibility index (Phi) is 4.57. The molecule has 2 aromatic carbocycles. The third-order valence-corrected chi connectivity index (χ3v) is 4.76. The van der Waals surface area contributed by atoms with Crippen molar-refractivity contribution in [2.45, 2.75) is 26.8 Å². The number of amides is 2. The molecule has 0 N–H and O–H groups in total. The molecule has 25 heavy (non-hydrogen) atoms. The van der Waals surface area contributed by atoms with E-state index in [2.05, 4.69) is 0 Å². The van der Waals surface area contributed by atoms with Crippen LogP contribution in [-0.4, -0.2) is 35.8 Å². The maximum atomic E-state index is 13.8. The van der Waals surface area contributed by atoms with Crippen molar-refractivity contribution in [3.8, 4) is 0 Å². The minimum absolute atomic E-state index is 0.145. The quantitative estimate of drug-likeness (QED) is 0.841. The van der Waals surface area contributed by atoms with Gasteiger partial charge in [0.15, 0.2) is 0 Å². The van der Waals surface area contributed by atoms with Gasteiger partial charge in [-0.1, -0.05) is 24.3 Å². The number of hydrogen-bond donors (Lipinski definition) is 0. The highest BCUT2D eigenvalue weighted by Crippen LogP contribution is 2.24. The molecule has 130 valence electrons. The first-order valence-corrected chi connectivity index (χ1v) is 8.34. The standard InChI is InChI=1S/C20H21FN2O2/c1-13-6-4-5-7-17(13)20(25)22-10-11-23(19(24)15(22)3)16-9-8-14(2)18(21)12-16/h4-9,12,15H,10-11H2,1-3H3/t15-/m1/s1. The van der Waals surface area contributed by atoms with Crippen LogP contribution in [0.5, 0.6) is 0 Å². The molecule has 0 aliphatic carbocycles. The first kappa shape index (κ1) is 17.1. The Balaban J connectivity index is 1.83. The molecule has 3 rings (SSSR count). The van der Waals surface area contributed by atoms with E-state index in [9.17, 15) is 14.0 Å². The summed E-state index contributed by atoms with van der Waals surface area (Å²) in [6.07, 6.45) is 0. The van der Waals surface area contributed by atoms with Crippen LogP contribution >= 0.6 is 0 Å². The summed E-state index contributed by atoms with van der Waals surface area (Å²) in [7, 11) is 0.